The molecule has 0 aliphatic carbocycles. The van der Waals surface area contributed by atoms with Gasteiger partial charge in [-0.1, -0.05) is 20.8 Å². The van der Waals surface area contributed by atoms with Crippen LogP contribution in [0.15, 0.2) is 23.1 Å². The average Bonchev–Trinajstić information content (AvgIpc) is 2.23. The van der Waals surface area contributed by atoms with Gasteiger partial charge in [0.2, 0.25) is 5.75 Å². The Morgan fingerprint density at radius 2 is 1.77 bits per heavy atom. The molecule has 0 heterocycles. The molecule has 0 bridgehead atoms. The van der Waals surface area contributed by atoms with Gasteiger partial charge in [0.25, 0.3) is 0 Å². The smallest absolute Gasteiger partial charge is 0.369 e. The molecule has 0 unspecified atom stereocenters. The van der Waals surface area contributed by atoms with Crippen molar-refractivity contribution in [2.45, 2.75) is 35.9 Å². The van der Waals surface area contributed by atoms with Crippen molar-refractivity contribution in [2.24, 2.45) is 0 Å². The van der Waals surface area contributed by atoms with E-state index in [-0.39, 0.29) is 4.75 Å². The summed E-state index contributed by atoms with van der Waals surface area (Å²) in [6, 6.07) is 3.10. The molecule has 22 heavy (non-hydrogen) atoms. The van der Waals surface area contributed by atoms with E-state index in [1.54, 1.807) is 0 Å². The average molecular weight is 359 g/mol. The number of nitrogens with zero attached hydrogens (tertiary/aromatic N) is 1. The topological polar surface area (TPSA) is 86.5 Å². The summed E-state index contributed by atoms with van der Waals surface area (Å²) in [5.41, 5.74) is -6.54. The van der Waals surface area contributed by atoms with E-state index in [0.717, 1.165) is 12.1 Å². The van der Waals surface area contributed by atoms with Crippen molar-refractivity contribution in [3.63, 3.8) is 0 Å². The number of benzene rings is 1. The lowest BCUT2D eigenvalue weighted by atomic mass is 10.3. The van der Waals surface area contributed by atoms with Crippen LogP contribution in [0, 0.1) is 10.1 Å². The molecule has 1 rings (SSSR count). The van der Waals surface area contributed by atoms with Crippen LogP contribution in [0.25, 0.3) is 0 Å². The van der Waals surface area contributed by atoms with E-state index >= 15 is 0 Å². The molecule has 0 saturated heterocycles. The number of thioether (sulfide) groups is 1. The van der Waals surface area contributed by atoms with Crippen LogP contribution in [0.4, 0.5) is 18.9 Å². The standard InChI is InChI=1S/C11H12F3NO5S2/c1-10(2,3)21-7-4-5-8(15(16)17)9(6-7)20-22(18,19)11(12,13)14/h4-6H,1-3H3. The number of nitro groups is 1. The molecule has 0 N–H and O–H groups in total. The predicted molar refractivity (Wildman–Crippen MR) is 74.3 cm³/mol. The van der Waals surface area contributed by atoms with Gasteiger partial charge in [0.1, 0.15) is 0 Å². The van der Waals surface area contributed by atoms with E-state index in [2.05, 4.69) is 4.18 Å². The number of alkyl halides is 3. The van der Waals surface area contributed by atoms with Crippen LogP contribution in [-0.2, 0) is 10.1 Å². The zero-order valence-electron chi connectivity index (χ0n) is 11.7. The maximum Gasteiger partial charge on any atom is 0.534 e. The van der Waals surface area contributed by atoms with Gasteiger partial charge in [-0.3, -0.25) is 10.1 Å². The van der Waals surface area contributed by atoms with Crippen molar-refractivity contribution >= 4 is 27.6 Å². The lowest BCUT2D eigenvalue weighted by Crippen LogP contribution is -2.28. The predicted octanol–water partition coefficient (Wildman–Crippen LogP) is 3.71. The van der Waals surface area contributed by atoms with Crippen molar-refractivity contribution in [1.82, 2.24) is 0 Å². The fraction of sp³-hybridized carbons (Fsp3) is 0.455. The second-order valence-electron chi connectivity index (χ2n) is 5.08. The molecule has 0 aliphatic heterocycles. The third kappa shape index (κ3) is 4.77. The molecule has 0 radical (unpaired) electrons. The third-order valence-corrected chi connectivity index (χ3v) is 4.10. The van der Waals surface area contributed by atoms with E-state index in [4.69, 9.17) is 0 Å². The molecule has 0 amide bonds. The summed E-state index contributed by atoms with van der Waals surface area (Å²) in [6.45, 7) is 5.43. The number of hydrogen-bond acceptors (Lipinski definition) is 6. The van der Waals surface area contributed by atoms with E-state index in [0.29, 0.717) is 4.90 Å². The SMILES string of the molecule is CC(C)(C)Sc1ccc([N+](=O)[O-])c(OS(=O)(=O)C(F)(F)F)c1. The summed E-state index contributed by atoms with van der Waals surface area (Å²) in [7, 11) is -5.98. The highest BCUT2D eigenvalue weighted by Gasteiger charge is 2.49. The minimum atomic E-state index is -5.98. The van der Waals surface area contributed by atoms with Crippen LogP contribution in [0.2, 0.25) is 0 Å². The molecule has 0 fully saturated rings. The van der Waals surface area contributed by atoms with Crippen LogP contribution in [0.1, 0.15) is 20.8 Å². The lowest BCUT2D eigenvalue weighted by molar-refractivity contribution is -0.385. The molecule has 0 aliphatic rings. The van der Waals surface area contributed by atoms with Crippen LogP contribution in [-0.4, -0.2) is 23.6 Å². The zero-order valence-corrected chi connectivity index (χ0v) is 13.3. The van der Waals surface area contributed by atoms with Crippen LogP contribution >= 0.6 is 11.8 Å². The Kier molecular flexibility index (Phi) is 5.02. The second kappa shape index (κ2) is 5.95. The first kappa shape index (κ1) is 18.6. The van der Waals surface area contributed by atoms with Gasteiger partial charge in [-0.05, 0) is 6.07 Å². The molecule has 0 saturated carbocycles. The molecular formula is C11H12F3NO5S2. The fourth-order valence-electron chi connectivity index (χ4n) is 1.29. The largest absolute Gasteiger partial charge is 0.534 e. The number of halogens is 3. The van der Waals surface area contributed by atoms with Gasteiger partial charge < -0.3 is 4.18 Å². The fourth-order valence-corrected chi connectivity index (χ4v) is 2.77. The van der Waals surface area contributed by atoms with E-state index < -0.39 is 32.0 Å². The highest BCUT2D eigenvalue weighted by Crippen LogP contribution is 2.39. The van der Waals surface area contributed by atoms with Gasteiger partial charge in [-0.15, -0.1) is 11.8 Å². The molecular weight excluding hydrogens is 347 g/mol. The van der Waals surface area contributed by atoms with E-state index in [1.165, 1.54) is 17.8 Å². The molecule has 124 valence electrons. The minimum absolute atomic E-state index is 0.337. The number of hydrogen-bond donors (Lipinski definition) is 0. The molecule has 11 heteroatoms. The van der Waals surface area contributed by atoms with E-state index in [1.807, 2.05) is 20.8 Å². The van der Waals surface area contributed by atoms with Crippen LogP contribution in [0.5, 0.6) is 5.75 Å². The molecule has 0 aromatic heterocycles. The Bertz CT molecular complexity index is 680. The Morgan fingerprint density at radius 1 is 1.23 bits per heavy atom. The van der Waals surface area contributed by atoms with Crippen molar-refractivity contribution in [3.05, 3.63) is 28.3 Å². The van der Waals surface area contributed by atoms with Crippen molar-refractivity contribution in [2.75, 3.05) is 0 Å². The summed E-state index contributed by atoms with van der Waals surface area (Å²) in [4.78, 5) is 10.1. The maximum absolute atomic E-state index is 12.3. The minimum Gasteiger partial charge on any atom is -0.369 e. The first-order chi connectivity index (χ1) is 9.73. The van der Waals surface area contributed by atoms with Gasteiger partial charge >= 0.3 is 21.3 Å². The summed E-state index contributed by atoms with van der Waals surface area (Å²) in [5.74, 6) is -0.975. The highest BCUT2D eigenvalue weighted by atomic mass is 32.2. The van der Waals surface area contributed by atoms with Gasteiger partial charge in [-0.25, -0.2) is 0 Å². The maximum atomic E-state index is 12.3. The zero-order chi connectivity index (χ0) is 17.3. The van der Waals surface area contributed by atoms with Crippen LogP contribution < -0.4 is 4.18 Å². The Morgan fingerprint density at radius 3 is 2.18 bits per heavy atom. The quantitative estimate of drug-likeness (QED) is 0.268. The third-order valence-electron chi connectivity index (χ3n) is 2.03. The summed E-state index contributed by atoms with van der Waals surface area (Å²) >= 11 is 1.19. The first-order valence-electron chi connectivity index (χ1n) is 5.71. The number of rotatable bonds is 4. The van der Waals surface area contributed by atoms with Gasteiger partial charge in [0.15, 0.2) is 0 Å². The van der Waals surface area contributed by atoms with Gasteiger partial charge in [-0.2, -0.15) is 21.6 Å². The van der Waals surface area contributed by atoms with Gasteiger partial charge in [0.05, 0.1) is 4.92 Å². The monoisotopic (exact) mass is 359 g/mol. The molecule has 1 aromatic rings. The van der Waals surface area contributed by atoms with Crippen LogP contribution in [0.3, 0.4) is 0 Å². The molecule has 1 aromatic carbocycles. The second-order valence-corrected chi connectivity index (χ2v) is 8.52. The molecule has 0 spiro atoms. The normalized spacial score (nSPS) is 13.0. The summed E-state index contributed by atoms with van der Waals surface area (Å²) in [5, 5.41) is 10.8. The van der Waals surface area contributed by atoms with E-state index in [9.17, 15) is 31.7 Å². The highest BCUT2D eigenvalue weighted by molar-refractivity contribution is 8.00. The van der Waals surface area contributed by atoms with Crippen molar-refractivity contribution in [3.8, 4) is 5.75 Å². The van der Waals surface area contributed by atoms with Gasteiger partial charge in [0, 0.05) is 21.8 Å². The Labute approximate surface area is 128 Å². The van der Waals surface area contributed by atoms with Crippen molar-refractivity contribution < 1.29 is 30.7 Å². The lowest BCUT2D eigenvalue weighted by Gasteiger charge is -2.18. The molecule has 6 nitrogen and oxygen atoms in total. The Balaban J connectivity index is 3.31. The first-order valence-corrected chi connectivity index (χ1v) is 7.93. The Hall–Kier alpha value is -1.49. The van der Waals surface area contributed by atoms with Crippen molar-refractivity contribution in [1.29, 1.82) is 0 Å². The number of nitro benzene ring substituents is 1. The summed E-state index contributed by atoms with van der Waals surface area (Å²) in [6.07, 6.45) is 0. The molecule has 0 atom stereocenters. The summed E-state index contributed by atoms with van der Waals surface area (Å²) < 4.78 is 62.6.